The minimum atomic E-state index is 0.550. The van der Waals surface area contributed by atoms with Crippen molar-refractivity contribution in [3.05, 3.63) is 59.7 Å². The van der Waals surface area contributed by atoms with Gasteiger partial charge in [0.2, 0.25) is 0 Å². The standard InChI is InChI=1S/C20H22N2O2/c1-5-24-20-14-16(8-11-19(20)23-4)18(12-13-21)15-6-9-17(10-7-15)22(2)3/h6-12,14H,5H2,1-4H3/b18-12+. The summed E-state index contributed by atoms with van der Waals surface area (Å²) in [4.78, 5) is 2.04. The lowest BCUT2D eigenvalue weighted by Gasteiger charge is -2.15. The lowest BCUT2D eigenvalue weighted by atomic mass is 9.97. The van der Waals surface area contributed by atoms with Gasteiger partial charge in [0, 0.05) is 25.9 Å². The summed E-state index contributed by atoms with van der Waals surface area (Å²) in [7, 11) is 5.61. The highest BCUT2D eigenvalue weighted by atomic mass is 16.5. The Bertz CT molecular complexity index is 756. The Morgan fingerprint density at radius 1 is 1.08 bits per heavy atom. The fourth-order valence-electron chi connectivity index (χ4n) is 2.45. The van der Waals surface area contributed by atoms with Crippen molar-refractivity contribution in [3.63, 3.8) is 0 Å². The quantitative estimate of drug-likeness (QED) is 0.751. The summed E-state index contributed by atoms with van der Waals surface area (Å²) >= 11 is 0. The number of hydrogen-bond donors (Lipinski definition) is 0. The van der Waals surface area contributed by atoms with Gasteiger partial charge < -0.3 is 14.4 Å². The Hall–Kier alpha value is -2.93. The molecule has 0 aromatic heterocycles. The van der Waals surface area contributed by atoms with Crippen molar-refractivity contribution in [2.75, 3.05) is 32.7 Å². The van der Waals surface area contributed by atoms with Gasteiger partial charge in [0.25, 0.3) is 0 Å². The third-order valence-electron chi connectivity index (χ3n) is 3.68. The van der Waals surface area contributed by atoms with Crippen molar-refractivity contribution in [2.24, 2.45) is 0 Å². The van der Waals surface area contributed by atoms with E-state index in [-0.39, 0.29) is 0 Å². The Morgan fingerprint density at radius 3 is 2.29 bits per heavy atom. The SMILES string of the molecule is CCOc1cc(/C(=C/C#N)c2ccc(N(C)C)cc2)ccc1OC. The number of methoxy groups -OCH3 is 1. The molecular weight excluding hydrogens is 300 g/mol. The Balaban J connectivity index is 2.46. The number of anilines is 1. The van der Waals surface area contributed by atoms with Crippen molar-refractivity contribution in [1.29, 1.82) is 5.26 Å². The zero-order chi connectivity index (χ0) is 17.5. The molecule has 4 nitrogen and oxygen atoms in total. The zero-order valence-corrected chi connectivity index (χ0v) is 14.5. The maximum atomic E-state index is 9.19. The largest absolute Gasteiger partial charge is 0.493 e. The molecule has 124 valence electrons. The Kier molecular flexibility index (Phi) is 5.86. The van der Waals surface area contributed by atoms with Crippen LogP contribution in [0.5, 0.6) is 11.5 Å². The van der Waals surface area contributed by atoms with Gasteiger partial charge in [-0.15, -0.1) is 0 Å². The number of hydrogen-bond acceptors (Lipinski definition) is 4. The lowest BCUT2D eigenvalue weighted by Crippen LogP contribution is -2.08. The van der Waals surface area contributed by atoms with Crippen LogP contribution in [-0.2, 0) is 0 Å². The minimum Gasteiger partial charge on any atom is -0.493 e. The second-order valence-electron chi connectivity index (χ2n) is 5.43. The number of nitriles is 1. The van der Waals surface area contributed by atoms with Crippen LogP contribution in [0.4, 0.5) is 5.69 Å². The molecular formula is C20H22N2O2. The summed E-state index contributed by atoms with van der Waals surface area (Å²) in [5.41, 5.74) is 3.86. The Morgan fingerprint density at radius 2 is 1.75 bits per heavy atom. The second-order valence-corrected chi connectivity index (χ2v) is 5.43. The highest BCUT2D eigenvalue weighted by molar-refractivity contribution is 5.82. The van der Waals surface area contributed by atoms with Crippen LogP contribution in [0.1, 0.15) is 18.1 Å². The van der Waals surface area contributed by atoms with E-state index in [9.17, 15) is 5.26 Å². The van der Waals surface area contributed by atoms with E-state index in [1.807, 2.05) is 68.4 Å². The predicted molar refractivity (Wildman–Crippen MR) is 97.6 cm³/mol. The summed E-state index contributed by atoms with van der Waals surface area (Å²) in [6, 6.07) is 15.9. The van der Waals surface area contributed by atoms with Crippen LogP contribution in [-0.4, -0.2) is 27.8 Å². The van der Waals surface area contributed by atoms with Crippen molar-refractivity contribution in [1.82, 2.24) is 0 Å². The van der Waals surface area contributed by atoms with E-state index in [4.69, 9.17) is 9.47 Å². The summed E-state index contributed by atoms with van der Waals surface area (Å²) in [5.74, 6) is 1.35. The molecule has 2 aromatic carbocycles. The molecule has 0 aliphatic carbocycles. The first-order valence-corrected chi connectivity index (χ1v) is 7.79. The highest BCUT2D eigenvalue weighted by Gasteiger charge is 2.11. The predicted octanol–water partition coefficient (Wildman–Crippen LogP) is 4.12. The van der Waals surface area contributed by atoms with Crippen molar-refractivity contribution in [3.8, 4) is 17.6 Å². The van der Waals surface area contributed by atoms with Gasteiger partial charge in [-0.05, 0) is 47.9 Å². The van der Waals surface area contributed by atoms with E-state index in [0.717, 1.165) is 22.4 Å². The number of rotatable bonds is 6. The summed E-state index contributed by atoms with van der Waals surface area (Å²) < 4.78 is 11.0. The van der Waals surface area contributed by atoms with Crippen LogP contribution in [0.3, 0.4) is 0 Å². The van der Waals surface area contributed by atoms with Gasteiger partial charge in [0.1, 0.15) is 0 Å². The maximum Gasteiger partial charge on any atom is 0.161 e. The van der Waals surface area contributed by atoms with Gasteiger partial charge in [-0.3, -0.25) is 0 Å². The topological polar surface area (TPSA) is 45.5 Å². The van der Waals surface area contributed by atoms with Gasteiger partial charge in [-0.25, -0.2) is 0 Å². The van der Waals surface area contributed by atoms with Gasteiger partial charge in [-0.2, -0.15) is 5.26 Å². The minimum absolute atomic E-state index is 0.550. The van der Waals surface area contributed by atoms with Crippen molar-refractivity contribution >= 4 is 11.3 Å². The van der Waals surface area contributed by atoms with Gasteiger partial charge in [0.05, 0.1) is 19.8 Å². The summed E-state index contributed by atoms with van der Waals surface area (Å²) in [5, 5.41) is 9.19. The summed E-state index contributed by atoms with van der Waals surface area (Å²) in [6.07, 6.45) is 1.56. The fraction of sp³-hybridized carbons (Fsp3) is 0.250. The third-order valence-corrected chi connectivity index (χ3v) is 3.68. The summed E-state index contributed by atoms with van der Waals surface area (Å²) in [6.45, 7) is 2.48. The molecule has 0 aliphatic rings. The average molecular weight is 322 g/mol. The van der Waals surface area contributed by atoms with Crippen molar-refractivity contribution in [2.45, 2.75) is 6.92 Å². The molecule has 2 rings (SSSR count). The van der Waals surface area contributed by atoms with Crippen LogP contribution < -0.4 is 14.4 Å². The highest BCUT2D eigenvalue weighted by Crippen LogP contribution is 2.33. The lowest BCUT2D eigenvalue weighted by molar-refractivity contribution is 0.311. The van der Waals surface area contributed by atoms with Gasteiger partial charge in [-0.1, -0.05) is 18.2 Å². The second kappa shape index (κ2) is 8.07. The van der Waals surface area contributed by atoms with Gasteiger partial charge in [0.15, 0.2) is 11.5 Å². The molecule has 0 saturated carbocycles. The van der Waals surface area contributed by atoms with Crippen LogP contribution in [0.2, 0.25) is 0 Å². The van der Waals surface area contributed by atoms with E-state index in [0.29, 0.717) is 18.1 Å². The number of allylic oxidation sites excluding steroid dienone is 1. The van der Waals surface area contributed by atoms with Crippen LogP contribution >= 0.6 is 0 Å². The monoisotopic (exact) mass is 322 g/mol. The molecule has 0 N–H and O–H groups in total. The molecule has 0 bridgehead atoms. The molecule has 24 heavy (non-hydrogen) atoms. The number of benzene rings is 2. The third kappa shape index (κ3) is 3.88. The molecule has 0 unspecified atom stereocenters. The normalized spacial score (nSPS) is 10.9. The molecule has 0 amide bonds. The smallest absolute Gasteiger partial charge is 0.161 e. The molecule has 0 aliphatic heterocycles. The van der Waals surface area contributed by atoms with Crippen LogP contribution in [0.25, 0.3) is 5.57 Å². The zero-order valence-electron chi connectivity index (χ0n) is 14.5. The first-order chi connectivity index (χ1) is 11.6. The van der Waals surface area contributed by atoms with E-state index < -0.39 is 0 Å². The fourth-order valence-corrected chi connectivity index (χ4v) is 2.45. The van der Waals surface area contributed by atoms with E-state index in [2.05, 4.69) is 6.07 Å². The molecule has 0 atom stereocenters. The molecule has 0 saturated heterocycles. The molecule has 0 spiro atoms. The van der Waals surface area contributed by atoms with Gasteiger partial charge >= 0.3 is 0 Å². The molecule has 0 radical (unpaired) electrons. The van der Waals surface area contributed by atoms with Crippen LogP contribution in [0, 0.1) is 11.3 Å². The van der Waals surface area contributed by atoms with Crippen LogP contribution in [0.15, 0.2) is 48.5 Å². The first kappa shape index (κ1) is 17.4. The number of nitrogens with zero attached hydrogens (tertiary/aromatic N) is 2. The maximum absolute atomic E-state index is 9.19. The van der Waals surface area contributed by atoms with E-state index in [1.165, 1.54) is 0 Å². The molecule has 0 heterocycles. The average Bonchev–Trinajstić information content (AvgIpc) is 2.60. The number of ether oxygens (including phenoxy) is 2. The van der Waals surface area contributed by atoms with Crippen molar-refractivity contribution < 1.29 is 9.47 Å². The van der Waals surface area contributed by atoms with E-state index >= 15 is 0 Å². The molecule has 4 heteroatoms. The van der Waals surface area contributed by atoms with E-state index in [1.54, 1.807) is 13.2 Å². The Labute approximate surface area is 143 Å². The molecule has 2 aromatic rings. The molecule has 0 fully saturated rings. The first-order valence-electron chi connectivity index (χ1n) is 7.79.